The standard InChI is InChI=1S/C23H29N5O4/c1-26(2)14-21(29)25-19-8-9-20-16-10-15(12-28(20)22(19)30)11-27(13-16)23(31)24-17-4-6-18(32-3)7-5-17/h4-9,15-16H,10-14H2,1-3H3,(H,24,31)(H,25,29). The number of hydrogen-bond acceptors (Lipinski definition) is 5. The van der Waals surface area contributed by atoms with Gasteiger partial charge < -0.3 is 29.7 Å². The van der Waals surface area contributed by atoms with Gasteiger partial charge in [-0.2, -0.15) is 0 Å². The lowest BCUT2D eigenvalue weighted by Gasteiger charge is -2.42. The number of aromatic nitrogens is 1. The van der Waals surface area contributed by atoms with E-state index in [1.807, 2.05) is 23.1 Å². The Kier molecular flexibility index (Phi) is 6.18. The van der Waals surface area contributed by atoms with Gasteiger partial charge in [-0.05, 0) is 62.8 Å². The number of carbonyl (C=O) groups is 2. The normalized spacial score (nSPS) is 19.3. The summed E-state index contributed by atoms with van der Waals surface area (Å²) in [5.41, 5.74) is 1.75. The molecule has 170 valence electrons. The zero-order valence-electron chi connectivity index (χ0n) is 18.6. The highest BCUT2D eigenvalue weighted by Gasteiger charge is 2.36. The van der Waals surface area contributed by atoms with E-state index in [-0.39, 0.29) is 35.9 Å². The highest BCUT2D eigenvalue weighted by molar-refractivity contribution is 5.92. The topological polar surface area (TPSA) is 95.9 Å². The average molecular weight is 440 g/mol. The molecule has 32 heavy (non-hydrogen) atoms. The first-order valence-corrected chi connectivity index (χ1v) is 10.7. The Labute approximate surface area is 187 Å². The molecule has 2 unspecified atom stereocenters. The van der Waals surface area contributed by atoms with E-state index >= 15 is 0 Å². The van der Waals surface area contributed by atoms with E-state index in [4.69, 9.17) is 4.74 Å². The first-order valence-electron chi connectivity index (χ1n) is 10.7. The van der Waals surface area contributed by atoms with E-state index < -0.39 is 0 Å². The molecule has 9 heteroatoms. The van der Waals surface area contributed by atoms with Crippen LogP contribution in [0, 0.1) is 5.92 Å². The van der Waals surface area contributed by atoms with Crippen LogP contribution in [0.4, 0.5) is 16.2 Å². The number of rotatable bonds is 5. The van der Waals surface area contributed by atoms with Crippen molar-refractivity contribution < 1.29 is 14.3 Å². The quantitative estimate of drug-likeness (QED) is 0.743. The second kappa shape index (κ2) is 9.04. The smallest absolute Gasteiger partial charge is 0.321 e. The molecule has 2 aliphatic rings. The number of pyridine rings is 1. The van der Waals surface area contributed by atoms with Crippen LogP contribution in [0.25, 0.3) is 0 Å². The Morgan fingerprint density at radius 1 is 1.06 bits per heavy atom. The van der Waals surface area contributed by atoms with Gasteiger partial charge in [-0.15, -0.1) is 0 Å². The Morgan fingerprint density at radius 3 is 2.50 bits per heavy atom. The van der Waals surface area contributed by atoms with Crippen LogP contribution in [0.5, 0.6) is 5.75 Å². The second-order valence-corrected chi connectivity index (χ2v) is 8.74. The molecule has 1 aromatic heterocycles. The van der Waals surface area contributed by atoms with E-state index in [0.717, 1.165) is 17.9 Å². The minimum absolute atomic E-state index is 0.0864. The lowest BCUT2D eigenvalue weighted by atomic mass is 9.83. The number of methoxy groups -OCH3 is 1. The van der Waals surface area contributed by atoms with Gasteiger partial charge >= 0.3 is 6.03 Å². The van der Waals surface area contributed by atoms with Crippen LogP contribution >= 0.6 is 0 Å². The summed E-state index contributed by atoms with van der Waals surface area (Å²) in [5.74, 6) is 0.788. The van der Waals surface area contributed by atoms with Crippen molar-refractivity contribution in [2.24, 2.45) is 5.92 Å². The largest absolute Gasteiger partial charge is 0.497 e. The van der Waals surface area contributed by atoms with Crippen molar-refractivity contribution in [1.29, 1.82) is 0 Å². The van der Waals surface area contributed by atoms with E-state index in [2.05, 4.69) is 10.6 Å². The molecule has 0 aliphatic carbocycles. The number of carbonyl (C=O) groups excluding carboxylic acids is 2. The fraction of sp³-hybridized carbons (Fsp3) is 0.435. The lowest BCUT2D eigenvalue weighted by Crippen LogP contribution is -2.50. The van der Waals surface area contributed by atoms with Gasteiger partial charge in [-0.25, -0.2) is 4.79 Å². The molecule has 2 bridgehead atoms. The maximum absolute atomic E-state index is 13.0. The number of urea groups is 1. The average Bonchev–Trinajstić information content (AvgIpc) is 2.76. The minimum atomic E-state index is -0.218. The number of ether oxygens (including phenoxy) is 1. The van der Waals surface area contributed by atoms with Gasteiger partial charge in [0.15, 0.2) is 0 Å². The van der Waals surface area contributed by atoms with E-state index in [1.165, 1.54) is 0 Å². The molecule has 2 atom stereocenters. The molecular formula is C23H29N5O4. The number of fused-ring (bicyclic) bond motifs is 4. The molecule has 2 aliphatic heterocycles. The number of hydrogen-bond donors (Lipinski definition) is 2. The molecule has 0 radical (unpaired) electrons. The van der Waals surface area contributed by atoms with Crippen molar-refractivity contribution in [3.63, 3.8) is 0 Å². The van der Waals surface area contributed by atoms with Crippen LogP contribution in [-0.2, 0) is 11.3 Å². The summed E-state index contributed by atoms with van der Waals surface area (Å²) >= 11 is 0. The van der Waals surface area contributed by atoms with Crippen LogP contribution < -0.4 is 20.9 Å². The lowest BCUT2D eigenvalue weighted by molar-refractivity contribution is -0.116. The molecule has 2 aromatic rings. The highest BCUT2D eigenvalue weighted by Crippen LogP contribution is 2.35. The summed E-state index contributed by atoms with van der Waals surface area (Å²) in [6.07, 6.45) is 0.943. The van der Waals surface area contributed by atoms with Crippen LogP contribution in [0.2, 0.25) is 0 Å². The first-order chi connectivity index (χ1) is 15.3. The molecule has 9 nitrogen and oxygen atoms in total. The number of benzene rings is 1. The third-order valence-corrected chi connectivity index (χ3v) is 5.97. The number of piperidine rings is 1. The van der Waals surface area contributed by atoms with Gasteiger partial charge in [-0.3, -0.25) is 9.59 Å². The van der Waals surface area contributed by atoms with Crippen LogP contribution in [0.1, 0.15) is 18.0 Å². The molecule has 0 saturated carbocycles. The van der Waals surface area contributed by atoms with Crippen molar-refractivity contribution in [3.05, 3.63) is 52.4 Å². The third kappa shape index (κ3) is 4.62. The Morgan fingerprint density at radius 2 is 1.81 bits per heavy atom. The Balaban J connectivity index is 1.47. The summed E-state index contributed by atoms with van der Waals surface area (Å²) in [4.78, 5) is 41.5. The van der Waals surface area contributed by atoms with Gasteiger partial charge in [0, 0.05) is 36.9 Å². The Bertz CT molecular complexity index is 1060. The number of nitrogens with one attached hydrogen (secondary N) is 2. The monoisotopic (exact) mass is 439 g/mol. The van der Waals surface area contributed by atoms with Crippen molar-refractivity contribution in [3.8, 4) is 5.75 Å². The molecule has 1 aromatic carbocycles. The third-order valence-electron chi connectivity index (χ3n) is 5.97. The van der Waals surface area contributed by atoms with Crippen molar-refractivity contribution in [1.82, 2.24) is 14.4 Å². The van der Waals surface area contributed by atoms with Crippen LogP contribution in [-0.4, -0.2) is 67.1 Å². The van der Waals surface area contributed by atoms with Crippen molar-refractivity contribution in [2.75, 3.05) is 51.5 Å². The van der Waals surface area contributed by atoms with Gasteiger partial charge in [-0.1, -0.05) is 0 Å². The number of likely N-dealkylation sites (N-methyl/N-ethyl adjacent to an activating group) is 1. The molecule has 3 amide bonds. The van der Waals surface area contributed by atoms with Crippen molar-refractivity contribution >= 4 is 23.3 Å². The summed E-state index contributed by atoms with van der Waals surface area (Å²) in [5, 5.41) is 5.67. The van der Waals surface area contributed by atoms with E-state index in [0.29, 0.717) is 31.0 Å². The molecule has 2 N–H and O–H groups in total. The summed E-state index contributed by atoms with van der Waals surface area (Å²) in [6.45, 7) is 1.88. The van der Waals surface area contributed by atoms with Crippen LogP contribution in [0.15, 0.2) is 41.2 Å². The molecule has 4 rings (SSSR count). The minimum Gasteiger partial charge on any atom is -0.497 e. The van der Waals surface area contributed by atoms with E-state index in [9.17, 15) is 14.4 Å². The molecular weight excluding hydrogens is 410 g/mol. The number of amides is 3. The summed E-state index contributed by atoms with van der Waals surface area (Å²) in [6, 6.07) is 10.7. The van der Waals surface area contributed by atoms with Crippen molar-refractivity contribution in [2.45, 2.75) is 18.9 Å². The first kappa shape index (κ1) is 21.9. The zero-order valence-corrected chi connectivity index (χ0v) is 18.6. The molecule has 1 fully saturated rings. The molecule has 0 spiro atoms. The molecule has 1 saturated heterocycles. The Hall–Kier alpha value is -3.33. The highest BCUT2D eigenvalue weighted by atomic mass is 16.5. The predicted octanol–water partition coefficient (Wildman–Crippen LogP) is 2.01. The van der Waals surface area contributed by atoms with E-state index in [1.54, 1.807) is 48.9 Å². The van der Waals surface area contributed by atoms with Gasteiger partial charge in [0.2, 0.25) is 5.91 Å². The predicted molar refractivity (Wildman–Crippen MR) is 122 cm³/mol. The van der Waals surface area contributed by atoms with Gasteiger partial charge in [0.25, 0.3) is 5.56 Å². The van der Waals surface area contributed by atoms with Crippen LogP contribution in [0.3, 0.4) is 0 Å². The zero-order chi connectivity index (χ0) is 22.8. The SMILES string of the molecule is COc1ccc(NC(=O)N2CC3CC(C2)c2ccc(NC(=O)CN(C)C)c(=O)n2C3)cc1. The second-order valence-electron chi connectivity index (χ2n) is 8.74. The maximum Gasteiger partial charge on any atom is 0.321 e. The number of likely N-dealkylation sites (tertiary alicyclic amines) is 1. The fourth-order valence-corrected chi connectivity index (χ4v) is 4.56. The number of nitrogens with zero attached hydrogens (tertiary/aromatic N) is 3. The van der Waals surface area contributed by atoms with Gasteiger partial charge in [0.05, 0.1) is 13.7 Å². The fourth-order valence-electron chi connectivity index (χ4n) is 4.56. The maximum atomic E-state index is 13.0. The molecule has 3 heterocycles. The van der Waals surface area contributed by atoms with Gasteiger partial charge in [0.1, 0.15) is 11.4 Å². The summed E-state index contributed by atoms with van der Waals surface area (Å²) < 4.78 is 6.92. The number of anilines is 2. The summed E-state index contributed by atoms with van der Waals surface area (Å²) in [7, 11) is 5.21.